The number of rotatable bonds is 5. The molecule has 0 bridgehead atoms. The molecule has 0 unspecified atom stereocenters. The van der Waals surface area contributed by atoms with Crippen LogP contribution in [0.25, 0.3) is 0 Å². The number of hydrogen-bond donors (Lipinski definition) is 1. The van der Waals surface area contributed by atoms with Crippen molar-refractivity contribution < 1.29 is 14.3 Å². The fourth-order valence-electron chi connectivity index (χ4n) is 1.32. The molecule has 0 aliphatic carbocycles. The van der Waals surface area contributed by atoms with Crippen LogP contribution in [0.3, 0.4) is 0 Å². The number of para-hydroxylation sites is 1. The van der Waals surface area contributed by atoms with Gasteiger partial charge in [0, 0.05) is 6.42 Å². The molecule has 4 nitrogen and oxygen atoms in total. The van der Waals surface area contributed by atoms with Gasteiger partial charge in [-0.25, -0.2) is 0 Å². The summed E-state index contributed by atoms with van der Waals surface area (Å²) in [7, 11) is 0. The van der Waals surface area contributed by atoms with E-state index in [0.717, 1.165) is 5.75 Å². The van der Waals surface area contributed by atoms with Gasteiger partial charge < -0.3 is 15.2 Å². The van der Waals surface area contributed by atoms with Crippen LogP contribution in [0.2, 0.25) is 0 Å². The predicted octanol–water partition coefficient (Wildman–Crippen LogP) is 2.12. The minimum Gasteiger partial charge on any atom is -0.494 e. The molecule has 0 radical (unpaired) electrons. The summed E-state index contributed by atoms with van der Waals surface area (Å²) < 4.78 is 10.7. The summed E-state index contributed by atoms with van der Waals surface area (Å²) >= 11 is 0. The first kappa shape index (κ1) is 14.5. The maximum atomic E-state index is 11.6. The molecule has 2 N–H and O–H groups in total. The Balaban J connectivity index is 2.29. The molecule has 100 valence electrons. The van der Waals surface area contributed by atoms with E-state index >= 15 is 0 Å². The van der Waals surface area contributed by atoms with Gasteiger partial charge in [0.1, 0.15) is 17.4 Å². The summed E-state index contributed by atoms with van der Waals surface area (Å²) in [6.45, 7) is 5.85. The highest BCUT2D eigenvalue weighted by Crippen LogP contribution is 2.11. The van der Waals surface area contributed by atoms with Crippen molar-refractivity contribution in [2.45, 2.75) is 38.8 Å². The molecule has 18 heavy (non-hydrogen) atoms. The van der Waals surface area contributed by atoms with Gasteiger partial charge in [0.2, 0.25) is 0 Å². The average molecular weight is 251 g/mol. The van der Waals surface area contributed by atoms with Gasteiger partial charge in [-0.3, -0.25) is 4.79 Å². The number of carbonyl (C=O) groups is 1. The van der Waals surface area contributed by atoms with Crippen molar-refractivity contribution in [1.29, 1.82) is 0 Å². The van der Waals surface area contributed by atoms with E-state index in [1.165, 1.54) is 0 Å². The third-order valence-corrected chi connectivity index (χ3v) is 2.15. The van der Waals surface area contributed by atoms with Gasteiger partial charge in [-0.1, -0.05) is 18.2 Å². The number of hydrogen-bond acceptors (Lipinski definition) is 4. The van der Waals surface area contributed by atoms with E-state index in [9.17, 15) is 4.79 Å². The summed E-state index contributed by atoms with van der Waals surface area (Å²) in [4.78, 5) is 11.6. The number of carbonyl (C=O) groups excluding carboxylic acids is 1. The zero-order valence-electron chi connectivity index (χ0n) is 11.2. The van der Waals surface area contributed by atoms with Gasteiger partial charge >= 0.3 is 5.97 Å². The van der Waals surface area contributed by atoms with Crippen LogP contribution in [0.4, 0.5) is 0 Å². The van der Waals surface area contributed by atoms with Crippen LogP contribution in [0.5, 0.6) is 5.75 Å². The van der Waals surface area contributed by atoms with Crippen LogP contribution in [0.1, 0.15) is 27.2 Å². The average Bonchev–Trinajstić information content (AvgIpc) is 2.28. The minimum absolute atomic E-state index is 0.390. The SMILES string of the molecule is CC(C)(C)OC(=O)[C@@H](N)CCOc1ccccc1. The number of nitrogens with two attached hydrogens (primary N) is 1. The molecule has 0 fully saturated rings. The molecule has 0 spiro atoms. The van der Waals surface area contributed by atoms with E-state index in [4.69, 9.17) is 15.2 Å². The highest BCUT2D eigenvalue weighted by Gasteiger charge is 2.21. The Bertz CT molecular complexity index is 370. The molecule has 1 atom stereocenters. The first-order chi connectivity index (χ1) is 8.38. The normalized spacial score (nSPS) is 12.9. The molecule has 0 aliphatic rings. The highest BCUT2D eigenvalue weighted by molar-refractivity contribution is 5.75. The molecule has 1 aromatic rings. The summed E-state index contributed by atoms with van der Waals surface area (Å²) in [5.41, 5.74) is 5.23. The van der Waals surface area contributed by atoms with Gasteiger partial charge in [0.05, 0.1) is 6.61 Å². The van der Waals surface area contributed by atoms with Crippen LogP contribution in [0, 0.1) is 0 Å². The quantitative estimate of drug-likeness (QED) is 0.814. The van der Waals surface area contributed by atoms with Crippen LogP contribution < -0.4 is 10.5 Å². The fraction of sp³-hybridized carbons (Fsp3) is 0.500. The Kier molecular flexibility index (Phi) is 5.16. The van der Waals surface area contributed by atoms with Gasteiger partial charge in [-0.2, -0.15) is 0 Å². The van der Waals surface area contributed by atoms with Crippen LogP contribution in [0.15, 0.2) is 30.3 Å². The first-order valence-electron chi connectivity index (χ1n) is 6.05. The van der Waals surface area contributed by atoms with E-state index < -0.39 is 11.6 Å². The first-order valence-corrected chi connectivity index (χ1v) is 6.05. The lowest BCUT2D eigenvalue weighted by Gasteiger charge is -2.22. The molecule has 0 aliphatic heterocycles. The third kappa shape index (κ3) is 5.68. The Morgan fingerprint density at radius 2 is 1.89 bits per heavy atom. The second kappa shape index (κ2) is 6.40. The lowest BCUT2D eigenvalue weighted by atomic mass is 10.2. The minimum atomic E-state index is -0.645. The lowest BCUT2D eigenvalue weighted by molar-refractivity contribution is -0.156. The van der Waals surface area contributed by atoms with Crippen molar-refractivity contribution in [1.82, 2.24) is 0 Å². The van der Waals surface area contributed by atoms with Crippen LogP contribution in [-0.4, -0.2) is 24.2 Å². The zero-order valence-corrected chi connectivity index (χ0v) is 11.2. The van der Waals surface area contributed by atoms with Crippen molar-refractivity contribution in [2.75, 3.05) is 6.61 Å². The maximum absolute atomic E-state index is 11.6. The molecule has 4 heteroatoms. The predicted molar refractivity (Wildman–Crippen MR) is 70.4 cm³/mol. The van der Waals surface area contributed by atoms with Crippen LogP contribution in [-0.2, 0) is 9.53 Å². The van der Waals surface area contributed by atoms with E-state index in [1.807, 2.05) is 51.1 Å². The van der Waals surface area contributed by atoms with E-state index in [2.05, 4.69) is 0 Å². The highest BCUT2D eigenvalue weighted by atomic mass is 16.6. The van der Waals surface area contributed by atoms with Crippen molar-refractivity contribution in [3.8, 4) is 5.75 Å². The van der Waals surface area contributed by atoms with Crippen molar-refractivity contribution in [2.24, 2.45) is 5.73 Å². The largest absolute Gasteiger partial charge is 0.494 e. The fourth-order valence-corrected chi connectivity index (χ4v) is 1.32. The van der Waals surface area contributed by atoms with Gasteiger partial charge in [0.15, 0.2) is 0 Å². The Labute approximate surface area is 108 Å². The zero-order chi connectivity index (χ0) is 13.6. The standard InChI is InChI=1S/C14H21NO3/c1-14(2,3)18-13(16)12(15)9-10-17-11-7-5-4-6-8-11/h4-8,12H,9-10,15H2,1-3H3/t12-/m0/s1. The molecule has 0 saturated heterocycles. The van der Waals surface area contributed by atoms with Gasteiger partial charge in [0.25, 0.3) is 0 Å². The topological polar surface area (TPSA) is 61.5 Å². The molecule has 1 rings (SSSR count). The van der Waals surface area contributed by atoms with E-state index in [1.54, 1.807) is 0 Å². The molecular weight excluding hydrogens is 230 g/mol. The Morgan fingerprint density at radius 1 is 1.28 bits per heavy atom. The second-order valence-electron chi connectivity index (χ2n) is 5.09. The smallest absolute Gasteiger partial charge is 0.323 e. The molecule has 0 heterocycles. The monoisotopic (exact) mass is 251 g/mol. The van der Waals surface area contributed by atoms with Crippen LogP contribution >= 0.6 is 0 Å². The number of benzene rings is 1. The molecular formula is C14H21NO3. The molecule has 1 aromatic carbocycles. The molecule has 0 amide bonds. The van der Waals surface area contributed by atoms with Gasteiger partial charge in [-0.15, -0.1) is 0 Å². The third-order valence-electron chi connectivity index (χ3n) is 2.15. The second-order valence-corrected chi connectivity index (χ2v) is 5.09. The summed E-state index contributed by atoms with van der Waals surface area (Å²) in [5, 5.41) is 0. The molecule has 0 saturated carbocycles. The summed E-state index contributed by atoms with van der Waals surface area (Å²) in [6.07, 6.45) is 0.434. The Hall–Kier alpha value is -1.55. The van der Waals surface area contributed by atoms with Crippen molar-refractivity contribution >= 4 is 5.97 Å². The van der Waals surface area contributed by atoms with Crippen molar-refractivity contribution in [3.05, 3.63) is 30.3 Å². The van der Waals surface area contributed by atoms with Crippen molar-refractivity contribution in [3.63, 3.8) is 0 Å². The Morgan fingerprint density at radius 3 is 2.44 bits per heavy atom. The van der Waals surface area contributed by atoms with E-state index in [-0.39, 0.29) is 5.97 Å². The maximum Gasteiger partial charge on any atom is 0.323 e. The van der Waals surface area contributed by atoms with Gasteiger partial charge in [-0.05, 0) is 32.9 Å². The molecule has 0 aromatic heterocycles. The summed E-state index contributed by atoms with van der Waals surface area (Å²) in [6, 6.07) is 8.77. The van der Waals surface area contributed by atoms with E-state index in [0.29, 0.717) is 13.0 Å². The number of ether oxygens (including phenoxy) is 2. The number of esters is 1. The summed E-state index contributed by atoms with van der Waals surface area (Å²) in [5.74, 6) is 0.382. The lowest BCUT2D eigenvalue weighted by Crippen LogP contribution is -2.38.